The Morgan fingerprint density at radius 1 is 1.50 bits per heavy atom. The molecule has 0 aromatic rings. The molecule has 0 fully saturated rings. The second kappa shape index (κ2) is 2.78. The lowest BCUT2D eigenvalue weighted by Gasteiger charge is -1.91. The van der Waals surface area contributed by atoms with Crippen LogP contribution in [0.2, 0.25) is 0 Å². The Morgan fingerprint density at radius 3 is 2.12 bits per heavy atom. The lowest BCUT2D eigenvalue weighted by atomic mass is 10.9. The van der Waals surface area contributed by atoms with E-state index in [0.717, 1.165) is 0 Å². The third-order valence-electron chi connectivity index (χ3n) is 0.323. The molecule has 0 radical (unpaired) electrons. The largest absolute Gasteiger partial charge is 0.351 e. The van der Waals surface area contributed by atoms with Crippen LogP contribution in [0.25, 0.3) is 0 Å². The van der Waals surface area contributed by atoms with Gasteiger partial charge in [-0.05, 0) is 0 Å². The van der Waals surface area contributed by atoms with Crippen LogP contribution in [-0.2, 0) is 0 Å². The molecule has 0 rings (SSSR count). The number of nitrogens with two attached hydrogens (primary N) is 1. The van der Waals surface area contributed by atoms with E-state index in [1.54, 1.807) is 0 Å². The zero-order valence-electron chi connectivity index (χ0n) is 3.77. The van der Waals surface area contributed by atoms with Crippen molar-refractivity contribution in [2.24, 2.45) is 5.73 Å². The number of carbonyl (C=O) groups excluding carboxylic acids is 2. The SMILES string of the molecule is NC(=O)NC(=O)NF. The monoisotopic (exact) mass is 121 g/mol. The topological polar surface area (TPSA) is 84.2 Å². The van der Waals surface area contributed by atoms with Crippen molar-refractivity contribution in [3.05, 3.63) is 0 Å². The van der Waals surface area contributed by atoms with E-state index in [2.05, 4.69) is 5.73 Å². The number of imide groups is 1. The summed E-state index contributed by atoms with van der Waals surface area (Å²) in [5.41, 5.74) is 5.04. The first kappa shape index (κ1) is 6.67. The molecule has 0 aliphatic heterocycles. The van der Waals surface area contributed by atoms with Crippen LogP contribution in [0, 0.1) is 0 Å². The normalized spacial score (nSPS) is 7.62. The van der Waals surface area contributed by atoms with E-state index in [0.29, 0.717) is 5.54 Å². The van der Waals surface area contributed by atoms with Crippen LogP contribution < -0.4 is 16.6 Å². The third kappa shape index (κ3) is 2.88. The highest BCUT2D eigenvalue weighted by atomic mass is 19.2. The van der Waals surface area contributed by atoms with Crippen LogP contribution in [0.4, 0.5) is 14.1 Å². The molecule has 0 aliphatic rings. The number of primary amides is 1. The molecule has 0 atom stereocenters. The number of hydrogen-bond acceptors (Lipinski definition) is 2. The van der Waals surface area contributed by atoms with E-state index in [4.69, 9.17) is 0 Å². The summed E-state index contributed by atoms with van der Waals surface area (Å²) < 4.78 is 10.9. The van der Waals surface area contributed by atoms with Gasteiger partial charge in [-0.1, -0.05) is 4.48 Å². The highest BCUT2D eigenvalue weighted by molar-refractivity contribution is 5.91. The van der Waals surface area contributed by atoms with E-state index >= 15 is 0 Å². The summed E-state index contributed by atoms with van der Waals surface area (Å²) in [6, 6.07) is -2.36. The lowest BCUT2D eigenvalue weighted by Crippen LogP contribution is -2.39. The molecule has 0 saturated heterocycles. The number of halogens is 1. The highest BCUT2D eigenvalue weighted by Crippen LogP contribution is 1.60. The molecule has 0 spiro atoms. The molecular weight excluding hydrogens is 117 g/mol. The summed E-state index contributed by atoms with van der Waals surface area (Å²) in [6.07, 6.45) is 0. The Labute approximate surface area is 44.0 Å². The van der Waals surface area contributed by atoms with Crippen molar-refractivity contribution >= 4 is 12.1 Å². The van der Waals surface area contributed by atoms with E-state index in [1.165, 1.54) is 5.32 Å². The van der Waals surface area contributed by atoms with Gasteiger partial charge in [0.05, 0.1) is 0 Å². The van der Waals surface area contributed by atoms with Crippen molar-refractivity contribution < 1.29 is 14.1 Å². The van der Waals surface area contributed by atoms with E-state index in [9.17, 15) is 14.1 Å². The van der Waals surface area contributed by atoms with Gasteiger partial charge in [0, 0.05) is 0 Å². The molecule has 5 nitrogen and oxygen atoms in total. The Balaban J connectivity index is 3.40. The number of amides is 4. The molecule has 4 N–H and O–H groups in total. The predicted octanol–water partition coefficient (Wildman–Crippen LogP) is -0.751. The average Bonchev–Trinajstić information content (AvgIpc) is 1.65. The second-order valence-electron chi connectivity index (χ2n) is 0.913. The summed E-state index contributed by atoms with van der Waals surface area (Å²) in [5, 5.41) is 1.41. The molecule has 0 aliphatic carbocycles. The molecular formula is C2H4FN3O2. The summed E-state index contributed by atoms with van der Waals surface area (Å²) in [5.74, 6) is 0. The molecule has 8 heavy (non-hydrogen) atoms. The summed E-state index contributed by atoms with van der Waals surface area (Å²) in [4.78, 5) is 19.4. The van der Waals surface area contributed by atoms with Crippen LogP contribution in [0.1, 0.15) is 0 Å². The molecule has 0 aromatic heterocycles. The summed E-state index contributed by atoms with van der Waals surface area (Å²) in [6.45, 7) is 0. The fourth-order valence-electron chi connectivity index (χ4n) is 0.136. The number of rotatable bonds is 0. The number of nitrogens with one attached hydrogen (secondary N) is 2. The molecule has 46 valence electrons. The Morgan fingerprint density at radius 2 is 2.00 bits per heavy atom. The van der Waals surface area contributed by atoms with Crippen molar-refractivity contribution in [3.63, 3.8) is 0 Å². The Bertz CT molecular complexity index is 114. The fraction of sp³-hybridized carbons (Fsp3) is 0. The molecule has 6 heteroatoms. The van der Waals surface area contributed by atoms with Gasteiger partial charge in [-0.2, -0.15) is 5.54 Å². The van der Waals surface area contributed by atoms with Crippen LogP contribution in [-0.4, -0.2) is 12.1 Å². The van der Waals surface area contributed by atoms with Gasteiger partial charge in [0.15, 0.2) is 0 Å². The number of hydrogen-bond donors (Lipinski definition) is 3. The maximum atomic E-state index is 10.9. The summed E-state index contributed by atoms with van der Waals surface area (Å²) >= 11 is 0. The van der Waals surface area contributed by atoms with Gasteiger partial charge in [-0.3, -0.25) is 5.32 Å². The highest BCUT2D eigenvalue weighted by Gasteiger charge is 1.98. The van der Waals surface area contributed by atoms with E-state index < -0.39 is 12.1 Å². The van der Waals surface area contributed by atoms with Gasteiger partial charge >= 0.3 is 12.1 Å². The fourth-order valence-corrected chi connectivity index (χ4v) is 0.136. The maximum absolute atomic E-state index is 10.9. The second-order valence-corrected chi connectivity index (χ2v) is 0.913. The van der Waals surface area contributed by atoms with Gasteiger partial charge in [-0.15, -0.1) is 0 Å². The summed E-state index contributed by atoms with van der Waals surface area (Å²) in [7, 11) is 0. The van der Waals surface area contributed by atoms with Crippen LogP contribution >= 0.6 is 0 Å². The van der Waals surface area contributed by atoms with Crippen LogP contribution in [0.15, 0.2) is 0 Å². The van der Waals surface area contributed by atoms with Crippen LogP contribution in [0.5, 0.6) is 0 Å². The smallest absolute Gasteiger partial charge is 0.350 e. The minimum absolute atomic E-state index is 0.645. The average molecular weight is 121 g/mol. The molecule has 0 heterocycles. The van der Waals surface area contributed by atoms with Gasteiger partial charge in [0.1, 0.15) is 0 Å². The first-order valence-electron chi connectivity index (χ1n) is 1.64. The van der Waals surface area contributed by atoms with Crippen molar-refractivity contribution in [1.82, 2.24) is 10.9 Å². The van der Waals surface area contributed by atoms with Gasteiger partial charge < -0.3 is 5.73 Å². The zero-order valence-corrected chi connectivity index (χ0v) is 3.77. The number of urea groups is 2. The zero-order chi connectivity index (χ0) is 6.57. The minimum Gasteiger partial charge on any atom is -0.351 e. The standard InChI is InChI=1S/C2H4FN3O2/c3-6-2(8)5-1(4)7/h(H4,4,5,6,7,8). The van der Waals surface area contributed by atoms with Gasteiger partial charge in [0.2, 0.25) is 0 Å². The molecule has 0 aromatic carbocycles. The quantitative estimate of drug-likeness (QED) is 0.368. The molecule has 0 unspecified atom stereocenters. The van der Waals surface area contributed by atoms with Crippen LogP contribution in [0.3, 0.4) is 0 Å². The third-order valence-corrected chi connectivity index (χ3v) is 0.323. The maximum Gasteiger partial charge on any atom is 0.350 e. The van der Waals surface area contributed by atoms with Crippen molar-refractivity contribution in [2.45, 2.75) is 0 Å². The lowest BCUT2D eigenvalue weighted by molar-refractivity contribution is 0.213. The predicted molar refractivity (Wildman–Crippen MR) is 22.4 cm³/mol. The van der Waals surface area contributed by atoms with Crippen molar-refractivity contribution in [1.29, 1.82) is 0 Å². The van der Waals surface area contributed by atoms with E-state index in [1.807, 2.05) is 0 Å². The Hall–Kier alpha value is -1.33. The first-order chi connectivity index (χ1) is 3.66. The number of carbonyl (C=O) groups is 2. The Kier molecular flexibility index (Phi) is 2.32. The molecule has 0 bridgehead atoms. The first-order valence-corrected chi connectivity index (χ1v) is 1.64. The molecule has 0 saturated carbocycles. The van der Waals surface area contributed by atoms with Gasteiger partial charge in [-0.25, -0.2) is 9.59 Å². The molecule has 4 amide bonds. The van der Waals surface area contributed by atoms with Crippen molar-refractivity contribution in [3.8, 4) is 0 Å². The van der Waals surface area contributed by atoms with Gasteiger partial charge in [0.25, 0.3) is 0 Å². The van der Waals surface area contributed by atoms with Crippen molar-refractivity contribution in [2.75, 3.05) is 0 Å². The minimum atomic E-state index is -1.27. The van der Waals surface area contributed by atoms with E-state index in [-0.39, 0.29) is 0 Å².